The van der Waals surface area contributed by atoms with Gasteiger partial charge in [-0.2, -0.15) is 0 Å². The number of fused-ring (bicyclic) bond motifs is 9. The Kier molecular flexibility index (Phi) is 4.64. The Labute approximate surface area is 342 Å². The molecule has 0 N–H and O–H groups in total. The summed E-state index contributed by atoms with van der Waals surface area (Å²) >= 11 is 1.53. The molecule has 11 aromatic rings. The molecule has 0 bridgehead atoms. The Morgan fingerprint density at radius 3 is 1.75 bits per heavy atom. The number of nitrogens with zero attached hydrogens (tertiary/aromatic N) is 3. The van der Waals surface area contributed by atoms with Gasteiger partial charge in [0.2, 0.25) is 0 Å². The lowest BCUT2D eigenvalue weighted by molar-refractivity contribution is 1.08. The third kappa shape index (κ3) is 5.38. The highest BCUT2D eigenvalue weighted by molar-refractivity contribution is 7.26. The van der Waals surface area contributed by atoms with Crippen molar-refractivity contribution in [1.29, 1.82) is 0 Å². The van der Waals surface area contributed by atoms with Gasteiger partial charge in [-0.05, 0) is 84.9 Å². The molecular weight excluding hydrogens is 687 g/mol. The zero-order valence-electron chi connectivity index (χ0n) is 43.5. The first-order valence-electron chi connectivity index (χ1n) is 24.8. The van der Waals surface area contributed by atoms with Gasteiger partial charge in [0.15, 0.2) is 17.5 Å². The van der Waals surface area contributed by atoms with E-state index in [1.807, 2.05) is 91.0 Å². The molecule has 9 aromatic carbocycles. The summed E-state index contributed by atoms with van der Waals surface area (Å²) in [4.78, 5) is 14.7. The second kappa shape index (κ2) is 12.8. The van der Waals surface area contributed by atoms with Crippen LogP contribution in [-0.2, 0) is 0 Å². The van der Waals surface area contributed by atoms with Crippen molar-refractivity contribution in [3.8, 4) is 56.4 Å². The lowest BCUT2D eigenvalue weighted by Gasteiger charge is -2.13. The number of benzene rings is 9. The minimum Gasteiger partial charge on any atom is -0.208 e. The third-order valence-corrected chi connectivity index (χ3v) is 10.8. The van der Waals surface area contributed by atoms with Crippen LogP contribution in [0, 0.1) is 0 Å². The Hall–Kier alpha value is -7.01. The number of hydrogen-bond donors (Lipinski definition) is 0. The largest absolute Gasteiger partial charge is 0.208 e. The molecule has 0 aliphatic rings. The van der Waals surface area contributed by atoms with Gasteiger partial charge in [-0.3, -0.25) is 0 Å². The maximum absolute atomic E-state index is 9.85. The molecule has 55 heavy (non-hydrogen) atoms. The first-order chi connectivity index (χ1) is 33.5. The zero-order valence-corrected chi connectivity index (χ0v) is 29.3. The molecule has 0 radical (unpaired) electrons. The van der Waals surface area contributed by atoms with Gasteiger partial charge in [0, 0.05) is 36.9 Å². The highest BCUT2D eigenvalue weighted by Gasteiger charge is 2.18. The average Bonchev–Trinajstić information content (AvgIpc) is 3.76. The van der Waals surface area contributed by atoms with Crippen LogP contribution in [0.4, 0.5) is 0 Å². The minimum absolute atomic E-state index is 0.149. The smallest absolute Gasteiger partial charge is 0.165 e. The summed E-state index contributed by atoms with van der Waals surface area (Å²) in [5.74, 6) is 0.0819. The molecule has 0 aliphatic heterocycles. The molecule has 0 aliphatic carbocycles. The molecule has 11 rings (SSSR count). The number of rotatable bonds is 5. The van der Waals surface area contributed by atoms with Crippen LogP contribution in [0.2, 0.25) is 0 Å². The topological polar surface area (TPSA) is 38.7 Å². The van der Waals surface area contributed by atoms with Crippen molar-refractivity contribution in [2.75, 3.05) is 0 Å². The molecule has 0 atom stereocenters. The van der Waals surface area contributed by atoms with E-state index < -0.39 is 107 Å². The van der Waals surface area contributed by atoms with Crippen molar-refractivity contribution in [1.82, 2.24) is 15.0 Å². The fraction of sp³-hybridized carbons (Fsp3) is 0. The molecular formula is C51H31N3S. The number of aromatic nitrogens is 3. The molecule has 2 heterocycles. The van der Waals surface area contributed by atoms with Gasteiger partial charge < -0.3 is 0 Å². The summed E-state index contributed by atoms with van der Waals surface area (Å²) in [6.07, 6.45) is 0. The van der Waals surface area contributed by atoms with E-state index in [1.54, 1.807) is 6.07 Å². The molecule has 256 valence electrons. The van der Waals surface area contributed by atoms with E-state index >= 15 is 0 Å². The van der Waals surface area contributed by atoms with E-state index in [9.17, 15) is 9.60 Å². The first kappa shape index (κ1) is 19.9. The Balaban J connectivity index is 1.25. The van der Waals surface area contributed by atoms with Crippen molar-refractivity contribution in [2.24, 2.45) is 0 Å². The van der Waals surface area contributed by atoms with Gasteiger partial charge in [-0.1, -0.05) is 157 Å². The Morgan fingerprint density at radius 1 is 0.364 bits per heavy atom. The summed E-state index contributed by atoms with van der Waals surface area (Å²) in [6, 6.07) is 20.2. The van der Waals surface area contributed by atoms with Crippen LogP contribution in [0.5, 0.6) is 0 Å². The van der Waals surface area contributed by atoms with Crippen molar-refractivity contribution >= 4 is 63.8 Å². The Morgan fingerprint density at radius 2 is 0.945 bits per heavy atom. The zero-order chi connectivity index (χ0) is 49.3. The number of hydrogen-bond acceptors (Lipinski definition) is 4. The summed E-state index contributed by atoms with van der Waals surface area (Å²) in [7, 11) is 0. The maximum atomic E-state index is 9.85. The third-order valence-electron chi connectivity index (χ3n) is 9.54. The molecule has 4 heteroatoms. The summed E-state index contributed by atoms with van der Waals surface area (Å²) in [5, 5.41) is -0.223. The monoisotopic (exact) mass is 732 g/mol. The van der Waals surface area contributed by atoms with Crippen LogP contribution in [0.15, 0.2) is 188 Å². The van der Waals surface area contributed by atoms with E-state index in [4.69, 9.17) is 25.9 Å². The highest BCUT2D eigenvalue weighted by Crippen LogP contribution is 2.41. The fourth-order valence-corrected chi connectivity index (χ4v) is 8.20. The van der Waals surface area contributed by atoms with Crippen LogP contribution < -0.4 is 0 Å². The van der Waals surface area contributed by atoms with Crippen LogP contribution in [-0.4, -0.2) is 15.0 Å². The molecule has 2 aromatic heterocycles. The van der Waals surface area contributed by atoms with E-state index in [2.05, 4.69) is 0 Å². The van der Waals surface area contributed by atoms with Gasteiger partial charge in [-0.15, -0.1) is 11.3 Å². The van der Waals surface area contributed by atoms with E-state index in [1.165, 1.54) is 11.3 Å². The van der Waals surface area contributed by atoms with Gasteiger partial charge in [0.25, 0.3) is 0 Å². The summed E-state index contributed by atoms with van der Waals surface area (Å²) < 4.78 is 138. The number of thiophene rings is 1. The minimum atomic E-state index is -0.775. The molecule has 0 spiro atoms. The van der Waals surface area contributed by atoms with Crippen LogP contribution in [0.1, 0.15) is 20.6 Å². The predicted octanol–water partition coefficient (Wildman–Crippen LogP) is 14.0. The second-order valence-corrected chi connectivity index (χ2v) is 13.8. The lowest BCUT2D eigenvalue weighted by Crippen LogP contribution is -2.00. The quantitative estimate of drug-likeness (QED) is 0.165. The van der Waals surface area contributed by atoms with Crippen LogP contribution in [0.3, 0.4) is 0 Å². The van der Waals surface area contributed by atoms with Crippen molar-refractivity contribution in [2.45, 2.75) is 0 Å². The lowest BCUT2D eigenvalue weighted by atomic mass is 9.92. The molecule has 0 unspecified atom stereocenters. The molecule has 0 saturated carbocycles. The standard InChI is InChI=1S/C51H31N3S/c1-2-13-32(14-3-1)33-15-10-17-36(29-33)49-52-50(54-51(53-49)45-25-12-24-44-43-23-8-9-26-47(43)55-48(44)45)37-18-11-16-34(30-37)35-27-28-42-40-21-5-4-19-38(40)39-20-6-7-22-41(39)46(42)31-35/h1-31H/i4D,5D,6D,7D,11D,16D,18D,19D,20D,21D,22D,27D,28D,30D,31D. The second-order valence-electron chi connectivity index (χ2n) is 12.8. The van der Waals surface area contributed by atoms with E-state index in [0.717, 1.165) is 31.3 Å². The molecule has 0 saturated heterocycles. The highest BCUT2D eigenvalue weighted by atomic mass is 32.1. The summed E-state index contributed by atoms with van der Waals surface area (Å²) in [5.41, 5.74) is 1.48. The first-order valence-corrected chi connectivity index (χ1v) is 18.1. The van der Waals surface area contributed by atoms with Crippen LogP contribution in [0.25, 0.3) is 109 Å². The average molecular weight is 733 g/mol. The van der Waals surface area contributed by atoms with Gasteiger partial charge in [0.05, 0.1) is 20.6 Å². The maximum Gasteiger partial charge on any atom is 0.165 e. The van der Waals surface area contributed by atoms with Crippen molar-refractivity contribution in [3.63, 3.8) is 0 Å². The normalized spacial score (nSPS) is 15.5. The van der Waals surface area contributed by atoms with Gasteiger partial charge >= 0.3 is 0 Å². The van der Waals surface area contributed by atoms with Crippen molar-refractivity contribution in [3.05, 3.63) is 188 Å². The summed E-state index contributed by atoms with van der Waals surface area (Å²) in [6.45, 7) is 0. The SMILES string of the molecule is [2H]c1c([2H])c(-c2nc(-c3cccc(-c4ccccc4)c3)nc(-c3cccc4c3sc3ccccc34)n2)c([2H])c(-c2c([2H])c([2H])c3c4c([2H])c([2H])c([2H])c([2H])c4c4c([2H])c([2H])c([2H])c([2H])c4c3c2[2H])c1[2H]. The fourth-order valence-electron chi connectivity index (χ4n) is 6.99. The molecule has 3 nitrogen and oxygen atoms in total. The van der Waals surface area contributed by atoms with E-state index in [-0.39, 0.29) is 50.0 Å². The van der Waals surface area contributed by atoms with Crippen LogP contribution >= 0.6 is 11.3 Å². The molecule has 0 amide bonds. The molecule has 0 fully saturated rings. The van der Waals surface area contributed by atoms with Gasteiger partial charge in [-0.25, -0.2) is 15.0 Å². The van der Waals surface area contributed by atoms with E-state index in [0.29, 0.717) is 11.1 Å². The predicted molar refractivity (Wildman–Crippen MR) is 232 cm³/mol. The van der Waals surface area contributed by atoms with Crippen molar-refractivity contribution < 1.29 is 20.6 Å². The van der Waals surface area contributed by atoms with Gasteiger partial charge in [0.1, 0.15) is 0 Å². The Bertz CT molecular complexity index is 4100.